The highest BCUT2D eigenvalue weighted by molar-refractivity contribution is 7.92. The number of amides is 2. The van der Waals surface area contributed by atoms with Gasteiger partial charge in [-0.15, -0.1) is 0 Å². The minimum Gasteiger partial charge on any atom is -0.350 e. The summed E-state index contributed by atoms with van der Waals surface area (Å²) in [5.41, 5.74) is 3.54. The summed E-state index contributed by atoms with van der Waals surface area (Å²) in [4.78, 5) is 29.5. The first-order valence-electron chi connectivity index (χ1n) is 13.5. The van der Waals surface area contributed by atoms with Crippen molar-refractivity contribution in [2.75, 3.05) is 17.1 Å². The fourth-order valence-corrected chi connectivity index (χ4v) is 5.54. The van der Waals surface area contributed by atoms with Crippen molar-refractivity contribution in [3.63, 3.8) is 0 Å². The van der Waals surface area contributed by atoms with Gasteiger partial charge in [0.2, 0.25) is 21.8 Å². The molecule has 0 unspecified atom stereocenters. The molecular formula is C32H41N3O4S. The van der Waals surface area contributed by atoms with Crippen molar-refractivity contribution in [2.24, 2.45) is 0 Å². The van der Waals surface area contributed by atoms with E-state index in [0.29, 0.717) is 12.1 Å². The zero-order valence-electron chi connectivity index (χ0n) is 24.3. The maximum atomic E-state index is 14.2. The second-order valence-corrected chi connectivity index (χ2v) is 13.1. The Morgan fingerprint density at radius 1 is 0.900 bits per heavy atom. The standard InChI is InChI=1S/C32H41N3O4S/c1-7-27-18-11-12-19-28(27)35(40(6,38)39)23-30(36)34(22-26-17-13-14-24(2)20-26)29(31(37)33-32(3,4)5)21-25-15-9-8-10-16-25/h8-20,29H,7,21-23H2,1-6H3,(H,33,37)/t29-/m1/s1. The summed E-state index contributed by atoms with van der Waals surface area (Å²) in [5, 5.41) is 3.04. The number of aryl methyl sites for hydroxylation is 2. The molecule has 3 aromatic rings. The van der Waals surface area contributed by atoms with Crippen molar-refractivity contribution in [3.8, 4) is 0 Å². The Balaban J connectivity index is 2.10. The van der Waals surface area contributed by atoms with Gasteiger partial charge in [-0.1, -0.05) is 85.3 Å². The third-order valence-corrected chi connectivity index (χ3v) is 7.65. The van der Waals surface area contributed by atoms with E-state index in [-0.39, 0.29) is 18.9 Å². The molecule has 2 amide bonds. The van der Waals surface area contributed by atoms with E-state index in [9.17, 15) is 18.0 Å². The molecule has 0 aliphatic rings. The molecule has 0 saturated carbocycles. The number of carbonyl (C=O) groups is 2. The summed E-state index contributed by atoms with van der Waals surface area (Å²) in [6, 6.07) is 23.6. The lowest BCUT2D eigenvalue weighted by Gasteiger charge is -2.35. The van der Waals surface area contributed by atoms with Crippen molar-refractivity contribution in [1.82, 2.24) is 10.2 Å². The number of benzene rings is 3. The van der Waals surface area contributed by atoms with Crippen LogP contribution in [0.2, 0.25) is 0 Å². The molecule has 0 radical (unpaired) electrons. The first-order valence-corrected chi connectivity index (χ1v) is 15.4. The summed E-state index contributed by atoms with van der Waals surface area (Å²) >= 11 is 0. The molecule has 0 aliphatic heterocycles. The normalized spacial score (nSPS) is 12.4. The number of nitrogens with one attached hydrogen (secondary N) is 1. The number of rotatable bonds is 11. The second kappa shape index (κ2) is 13.1. The molecule has 8 heteroatoms. The van der Waals surface area contributed by atoms with Crippen LogP contribution in [0.25, 0.3) is 0 Å². The smallest absolute Gasteiger partial charge is 0.244 e. The highest BCUT2D eigenvalue weighted by Gasteiger charge is 2.34. The summed E-state index contributed by atoms with van der Waals surface area (Å²) in [7, 11) is -3.81. The minimum atomic E-state index is -3.81. The number of anilines is 1. The van der Waals surface area contributed by atoms with E-state index < -0.39 is 34.1 Å². The highest BCUT2D eigenvalue weighted by Crippen LogP contribution is 2.25. The van der Waals surface area contributed by atoms with Gasteiger partial charge in [0.25, 0.3) is 0 Å². The summed E-state index contributed by atoms with van der Waals surface area (Å²) < 4.78 is 27.2. The largest absolute Gasteiger partial charge is 0.350 e. The highest BCUT2D eigenvalue weighted by atomic mass is 32.2. The van der Waals surface area contributed by atoms with Crippen LogP contribution in [0.1, 0.15) is 49.9 Å². The van der Waals surface area contributed by atoms with Crippen LogP contribution < -0.4 is 9.62 Å². The van der Waals surface area contributed by atoms with Gasteiger partial charge in [0.1, 0.15) is 12.6 Å². The molecular weight excluding hydrogens is 522 g/mol. The van der Waals surface area contributed by atoms with E-state index in [1.54, 1.807) is 12.1 Å². The van der Waals surface area contributed by atoms with E-state index in [4.69, 9.17) is 0 Å². The van der Waals surface area contributed by atoms with Crippen molar-refractivity contribution in [3.05, 3.63) is 101 Å². The van der Waals surface area contributed by atoms with Gasteiger partial charge in [-0.05, 0) is 56.9 Å². The Morgan fingerprint density at radius 2 is 1.52 bits per heavy atom. The van der Waals surface area contributed by atoms with Gasteiger partial charge < -0.3 is 10.2 Å². The molecule has 0 aromatic heterocycles. The van der Waals surface area contributed by atoms with E-state index >= 15 is 0 Å². The van der Waals surface area contributed by atoms with Gasteiger partial charge >= 0.3 is 0 Å². The third-order valence-electron chi connectivity index (χ3n) is 6.53. The number of nitrogens with zero attached hydrogens (tertiary/aromatic N) is 2. The van der Waals surface area contributed by atoms with Crippen LogP contribution >= 0.6 is 0 Å². The molecule has 0 aliphatic carbocycles. The van der Waals surface area contributed by atoms with Crippen LogP contribution in [-0.2, 0) is 39.0 Å². The molecule has 0 heterocycles. The fourth-order valence-electron chi connectivity index (χ4n) is 4.66. The van der Waals surface area contributed by atoms with Crippen LogP contribution in [-0.4, -0.2) is 49.5 Å². The Hall–Kier alpha value is -3.65. The van der Waals surface area contributed by atoms with Gasteiger partial charge in [0, 0.05) is 18.5 Å². The van der Waals surface area contributed by atoms with Crippen molar-refractivity contribution in [1.29, 1.82) is 0 Å². The first-order chi connectivity index (χ1) is 18.8. The van der Waals surface area contributed by atoms with Crippen LogP contribution in [0.3, 0.4) is 0 Å². The zero-order chi connectivity index (χ0) is 29.5. The van der Waals surface area contributed by atoms with E-state index in [2.05, 4.69) is 5.32 Å². The van der Waals surface area contributed by atoms with Crippen LogP contribution in [0, 0.1) is 6.92 Å². The van der Waals surface area contributed by atoms with Gasteiger partial charge in [-0.3, -0.25) is 13.9 Å². The molecule has 0 spiro atoms. The zero-order valence-corrected chi connectivity index (χ0v) is 25.2. The van der Waals surface area contributed by atoms with Crippen LogP contribution in [0.5, 0.6) is 0 Å². The van der Waals surface area contributed by atoms with Crippen molar-refractivity contribution >= 4 is 27.5 Å². The minimum absolute atomic E-state index is 0.155. The fraction of sp³-hybridized carbons (Fsp3) is 0.375. The maximum absolute atomic E-state index is 14.2. The maximum Gasteiger partial charge on any atom is 0.244 e. The van der Waals surface area contributed by atoms with Crippen LogP contribution in [0.15, 0.2) is 78.9 Å². The second-order valence-electron chi connectivity index (χ2n) is 11.2. The van der Waals surface area contributed by atoms with Gasteiger partial charge in [-0.2, -0.15) is 0 Å². The summed E-state index contributed by atoms with van der Waals surface area (Å²) in [6.45, 7) is 9.32. The van der Waals surface area contributed by atoms with Gasteiger partial charge in [0.05, 0.1) is 11.9 Å². The molecule has 1 N–H and O–H groups in total. The van der Waals surface area contributed by atoms with Gasteiger partial charge in [-0.25, -0.2) is 8.42 Å². The molecule has 214 valence electrons. The molecule has 1 atom stereocenters. The van der Waals surface area contributed by atoms with Gasteiger partial charge in [0.15, 0.2) is 0 Å². The lowest BCUT2D eigenvalue weighted by molar-refractivity contribution is -0.140. The number of carbonyl (C=O) groups excluding carboxylic acids is 2. The summed E-state index contributed by atoms with van der Waals surface area (Å²) in [5.74, 6) is -0.750. The molecule has 3 aromatic carbocycles. The number of hydrogen-bond acceptors (Lipinski definition) is 4. The average molecular weight is 564 g/mol. The summed E-state index contributed by atoms with van der Waals surface area (Å²) in [6.07, 6.45) is 1.99. The predicted molar refractivity (Wildman–Crippen MR) is 162 cm³/mol. The lowest BCUT2D eigenvalue weighted by atomic mass is 10.0. The Kier molecular flexibility index (Phi) is 10.1. The molecule has 7 nitrogen and oxygen atoms in total. The Bertz CT molecular complexity index is 1420. The molecule has 0 saturated heterocycles. The Morgan fingerprint density at radius 3 is 2.12 bits per heavy atom. The van der Waals surface area contributed by atoms with Crippen LogP contribution in [0.4, 0.5) is 5.69 Å². The van der Waals surface area contributed by atoms with E-state index in [0.717, 1.165) is 32.8 Å². The molecule has 0 fully saturated rings. The topological polar surface area (TPSA) is 86.8 Å². The molecule has 40 heavy (non-hydrogen) atoms. The quantitative estimate of drug-likeness (QED) is 0.360. The van der Waals surface area contributed by atoms with Crippen molar-refractivity contribution < 1.29 is 18.0 Å². The molecule has 3 rings (SSSR count). The van der Waals surface area contributed by atoms with E-state index in [1.807, 2.05) is 101 Å². The third kappa shape index (κ3) is 8.68. The predicted octanol–water partition coefficient (Wildman–Crippen LogP) is 4.88. The number of sulfonamides is 1. The van der Waals surface area contributed by atoms with E-state index in [1.165, 1.54) is 4.90 Å². The number of hydrogen-bond donors (Lipinski definition) is 1. The lowest BCUT2D eigenvalue weighted by Crippen LogP contribution is -2.56. The molecule has 0 bridgehead atoms. The van der Waals surface area contributed by atoms with Crippen molar-refractivity contribution in [2.45, 2.75) is 65.6 Å². The number of para-hydroxylation sites is 1. The SMILES string of the molecule is CCc1ccccc1N(CC(=O)N(Cc1cccc(C)c1)[C@H](Cc1ccccc1)C(=O)NC(C)(C)C)S(C)(=O)=O. The first kappa shape index (κ1) is 30.9. The average Bonchev–Trinajstić information content (AvgIpc) is 2.88. The monoisotopic (exact) mass is 563 g/mol. The Labute approximate surface area is 239 Å².